The molecule has 4 heterocycles. The Kier molecular flexibility index (Phi) is 17.0. The SMILES string of the molecule is CCCCCc1c(CCCCC2C=C3CCC(c4ccccc4)C4C#COC(CC(=O)CCc5ccc(OC)c(c5)OCc5c(C(O)O)cc6c4c(O)cc4c6c5C=CC4C)CC2C=C3O)cccc1NC(N)=NC. The number of anilines is 1. The van der Waals surface area contributed by atoms with E-state index in [1.165, 1.54) is 11.1 Å². The Morgan fingerprint density at radius 2 is 1.79 bits per heavy atom. The van der Waals surface area contributed by atoms with Gasteiger partial charge in [-0.1, -0.05) is 106 Å². The topological polar surface area (TPSA) is 176 Å². The van der Waals surface area contributed by atoms with Crippen molar-refractivity contribution in [3.05, 3.63) is 158 Å². The van der Waals surface area contributed by atoms with Crippen LogP contribution in [0.25, 0.3) is 16.8 Å². The molecule has 392 valence electrons. The highest BCUT2D eigenvalue weighted by molar-refractivity contribution is 6.01. The van der Waals surface area contributed by atoms with Crippen molar-refractivity contribution in [3.8, 4) is 29.3 Å². The number of Topliss-reactive ketones (excluding diaryl/α,β-unsaturated/α-hetero) is 1. The van der Waals surface area contributed by atoms with Gasteiger partial charge in [0.15, 0.2) is 23.7 Å². The van der Waals surface area contributed by atoms with Crippen molar-refractivity contribution >= 4 is 34.3 Å². The summed E-state index contributed by atoms with van der Waals surface area (Å²) in [6, 6.07) is 25.8. The minimum absolute atomic E-state index is 0.0121. The molecular weight excluding hydrogens is 939 g/mol. The van der Waals surface area contributed by atoms with Gasteiger partial charge in [-0.3, -0.25) is 9.79 Å². The summed E-state index contributed by atoms with van der Waals surface area (Å²) in [5.41, 5.74) is 15.5. The molecule has 0 fully saturated rings. The van der Waals surface area contributed by atoms with Gasteiger partial charge in [-0.25, -0.2) is 0 Å². The van der Waals surface area contributed by atoms with E-state index in [1.54, 1.807) is 20.2 Å². The van der Waals surface area contributed by atoms with Crippen LogP contribution < -0.4 is 20.5 Å². The maximum Gasteiger partial charge on any atom is 0.192 e. The van der Waals surface area contributed by atoms with E-state index in [0.29, 0.717) is 59.7 Å². The smallest absolute Gasteiger partial charge is 0.192 e. The number of rotatable bonds is 13. The average Bonchev–Trinajstić information content (AvgIpc) is 3.42. The zero-order chi connectivity index (χ0) is 52.6. The molecule has 6 atom stereocenters. The van der Waals surface area contributed by atoms with Gasteiger partial charge < -0.3 is 45.7 Å². The minimum atomic E-state index is -1.88. The Bertz CT molecular complexity index is 3070. The van der Waals surface area contributed by atoms with Gasteiger partial charge >= 0.3 is 0 Å². The summed E-state index contributed by atoms with van der Waals surface area (Å²) in [5, 5.41) is 51.8. The van der Waals surface area contributed by atoms with Crippen molar-refractivity contribution in [3.63, 3.8) is 0 Å². The van der Waals surface area contributed by atoms with E-state index in [1.807, 2.05) is 54.6 Å². The van der Waals surface area contributed by atoms with Gasteiger partial charge in [0.05, 0.1) is 13.0 Å². The van der Waals surface area contributed by atoms with E-state index in [-0.39, 0.29) is 66.0 Å². The maximum atomic E-state index is 14.2. The molecule has 0 saturated carbocycles. The lowest BCUT2D eigenvalue weighted by atomic mass is 9.73. The molecule has 0 amide bonds. The van der Waals surface area contributed by atoms with Crippen LogP contribution >= 0.6 is 0 Å². The first kappa shape index (κ1) is 52.8. The number of unbranched alkanes of at least 4 members (excludes halogenated alkanes) is 3. The molecule has 75 heavy (non-hydrogen) atoms. The van der Waals surface area contributed by atoms with Crippen LogP contribution in [0.4, 0.5) is 5.69 Å². The zero-order valence-corrected chi connectivity index (χ0v) is 43.9. The first-order chi connectivity index (χ1) is 36.4. The molecule has 6 unspecified atom stereocenters. The highest BCUT2D eigenvalue weighted by Crippen LogP contribution is 2.50. The lowest BCUT2D eigenvalue weighted by Gasteiger charge is -2.31. The Labute approximate surface area is 442 Å². The van der Waals surface area contributed by atoms with E-state index < -0.39 is 18.3 Å². The Morgan fingerprint density at radius 1 is 0.960 bits per heavy atom. The van der Waals surface area contributed by atoms with Gasteiger partial charge in [-0.2, -0.15) is 0 Å². The molecule has 0 spiro atoms. The highest BCUT2D eigenvalue weighted by atomic mass is 16.5. The maximum absolute atomic E-state index is 14.2. The molecule has 10 bridgehead atoms. The number of benzene rings is 5. The number of carbonyl (C=O) groups excluding carboxylic acids is 1. The van der Waals surface area contributed by atoms with Gasteiger partial charge in [-0.15, -0.1) is 0 Å². The van der Waals surface area contributed by atoms with Crippen molar-refractivity contribution in [2.24, 2.45) is 22.6 Å². The second-order valence-electron chi connectivity index (χ2n) is 20.9. The number of aliphatic hydroxyl groups is 3. The molecule has 4 aliphatic heterocycles. The van der Waals surface area contributed by atoms with Crippen molar-refractivity contribution < 1.29 is 39.4 Å². The quantitative estimate of drug-likeness (QED) is 0.0219. The number of guanidine groups is 1. The fourth-order valence-electron chi connectivity index (χ4n) is 12.1. The lowest BCUT2D eigenvalue weighted by molar-refractivity contribution is -0.121. The number of aliphatic hydroxyl groups excluding tert-OH is 2. The number of nitrogens with one attached hydrogen (secondary N) is 1. The first-order valence-corrected chi connectivity index (χ1v) is 27.1. The zero-order valence-electron chi connectivity index (χ0n) is 43.9. The van der Waals surface area contributed by atoms with Crippen LogP contribution in [0.5, 0.6) is 17.2 Å². The molecule has 11 rings (SSSR count). The highest BCUT2D eigenvalue weighted by Gasteiger charge is 2.35. The molecule has 6 aliphatic rings. The number of fused-ring (bicyclic) bond motifs is 8. The van der Waals surface area contributed by atoms with Gasteiger partial charge in [-0.05, 0) is 156 Å². The molecular formula is C64H73N3O8. The summed E-state index contributed by atoms with van der Waals surface area (Å²) in [6.45, 7) is 4.29. The molecule has 2 aliphatic carbocycles. The number of allylic oxidation sites excluding steroid dienone is 4. The molecule has 0 saturated heterocycles. The van der Waals surface area contributed by atoms with Crippen LogP contribution in [0.1, 0.15) is 159 Å². The predicted octanol–water partition coefficient (Wildman–Crippen LogP) is 12.7. The normalized spacial score (nSPS) is 21.7. The van der Waals surface area contributed by atoms with Crippen molar-refractivity contribution in [2.75, 3.05) is 19.5 Å². The third kappa shape index (κ3) is 11.9. The van der Waals surface area contributed by atoms with Crippen molar-refractivity contribution in [2.45, 2.75) is 140 Å². The minimum Gasteiger partial charge on any atom is -0.508 e. The number of aromatic hydroxyl groups is 1. The predicted molar refractivity (Wildman–Crippen MR) is 298 cm³/mol. The second kappa shape index (κ2) is 24.1. The number of hydrogen-bond donors (Lipinski definition) is 6. The largest absolute Gasteiger partial charge is 0.508 e. The van der Waals surface area contributed by atoms with E-state index in [0.717, 1.165) is 90.3 Å². The third-order valence-corrected chi connectivity index (χ3v) is 16.1. The van der Waals surface area contributed by atoms with Gasteiger partial charge in [0.25, 0.3) is 0 Å². The van der Waals surface area contributed by atoms with Gasteiger partial charge in [0.2, 0.25) is 0 Å². The monoisotopic (exact) mass is 1010 g/mol. The number of aliphatic imine (C=N–C) groups is 1. The lowest BCUT2D eigenvalue weighted by Crippen LogP contribution is -2.25. The Hall–Kier alpha value is -7.00. The number of methoxy groups -OCH3 is 1. The summed E-state index contributed by atoms with van der Waals surface area (Å²) >= 11 is 0. The average molecular weight is 1010 g/mol. The number of nitrogens with two attached hydrogens (primary N) is 1. The number of ketones is 1. The molecule has 5 aromatic rings. The number of carbonyl (C=O) groups is 1. The number of nitrogens with zero attached hydrogens (tertiary/aromatic N) is 1. The molecule has 0 radical (unpaired) electrons. The van der Waals surface area contributed by atoms with E-state index >= 15 is 0 Å². The van der Waals surface area contributed by atoms with E-state index in [9.17, 15) is 25.2 Å². The summed E-state index contributed by atoms with van der Waals surface area (Å²) in [6.07, 6.45) is 19.4. The van der Waals surface area contributed by atoms with Crippen LogP contribution in [0.2, 0.25) is 0 Å². The number of aryl methyl sites for hydroxylation is 2. The molecule has 0 aromatic heterocycles. The van der Waals surface area contributed by atoms with Crippen molar-refractivity contribution in [1.82, 2.24) is 0 Å². The fourth-order valence-corrected chi connectivity index (χ4v) is 12.1. The summed E-state index contributed by atoms with van der Waals surface area (Å²) in [5.74, 6) is 4.05. The summed E-state index contributed by atoms with van der Waals surface area (Å²) < 4.78 is 19.0. The Balaban J connectivity index is 1.14. The molecule has 11 nitrogen and oxygen atoms in total. The molecule has 7 N–H and O–H groups in total. The summed E-state index contributed by atoms with van der Waals surface area (Å²) in [4.78, 5) is 18.4. The van der Waals surface area contributed by atoms with Crippen LogP contribution in [0.3, 0.4) is 0 Å². The number of hydrogen-bond acceptors (Lipinski definition) is 9. The van der Waals surface area contributed by atoms with Crippen LogP contribution in [-0.2, 0) is 35.4 Å². The van der Waals surface area contributed by atoms with Gasteiger partial charge in [0.1, 0.15) is 36.1 Å². The first-order valence-electron chi connectivity index (χ1n) is 27.1. The standard InChI is InChI=1S/C64H73N3O8/c1-5-6-8-19-49-42(18-13-20-56(49)67-64(65)66-3)16-11-12-17-43-32-44-24-27-48(41-14-9-7-10-15-41)51-29-30-74-47(33-45(43)34-57(44)69)35-46(68)25-22-40-23-28-59(73-4)60(31-40)75-38-55-50-26-21-39(2)52-37-58(70)62(51)54(61(50)52)36-53(55)63(71)72/h7,9-10,13-15,18,20-21,23,26,28,31-32,34,36-37,39,43,45,47-48,51,63,69-72H,5-6,8,11-12,16-17,19,22,24-25,27,33,35,38H2,1-4H3,(H3,65,66,67). The van der Waals surface area contributed by atoms with Crippen molar-refractivity contribution in [1.29, 1.82) is 0 Å². The third-order valence-electron chi connectivity index (χ3n) is 16.1. The molecule has 11 heteroatoms. The van der Waals surface area contributed by atoms with E-state index in [4.69, 9.17) is 19.9 Å². The number of ether oxygens (including phenoxy) is 3. The summed E-state index contributed by atoms with van der Waals surface area (Å²) in [7, 11) is 3.27. The van der Waals surface area contributed by atoms with Crippen LogP contribution in [0.15, 0.2) is 113 Å². The molecule has 5 aromatic carbocycles. The number of phenols is 1. The Morgan fingerprint density at radius 3 is 2.57 bits per heavy atom. The second-order valence-corrected chi connectivity index (χ2v) is 20.9. The van der Waals surface area contributed by atoms with E-state index in [2.05, 4.69) is 78.7 Å². The van der Waals surface area contributed by atoms with Gasteiger partial charge in [0, 0.05) is 54.1 Å². The van der Waals surface area contributed by atoms with Crippen LogP contribution in [0, 0.1) is 23.9 Å². The van der Waals surface area contributed by atoms with Crippen LogP contribution in [-0.4, -0.2) is 52.4 Å². The number of phenolic OH excluding ortho intramolecular Hbond substituents is 1. The fraction of sp³-hybridized carbons (Fsp3) is 0.406.